The molecule has 0 saturated carbocycles. The third kappa shape index (κ3) is 8.08. The first-order valence-corrected chi connectivity index (χ1v) is 15.8. The van der Waals surface area contributed by atoms with E-state index < -0.39 is 6.04 Å². The van der Waals surface area contributed by atoms with Crippen LogP contribution in [-0.2, 0) is 22.4 Å². The maximum Gasteiger partial charge on any atom is 0.240 e. The van der Waals surface area contributed by atoms with Crippen LogP contribution in [0.25, 0.3) is 21.5 Å². The molecule has 0 aliphatic carbocycles. The second-order valence-electron chi connectivity index (χ2n) is 12.0. The molecule has 45 heavy (non-hydrogen) atoms. The molecule has 0 aromatic heterocycles. The van der Waals surface area contributed by atoms with Crippen molar-refractivity contribution in [2.45, 2.75) is 56.7 Å². The summed E-state index contributed by atoms with van der Waals surface area (Å²) in [4.78, 5) is 36.0. The van der Waals surface area contributed by atoms with Gasteiger partial charge in [0.15, 0.2) is 5.96 Å². The molecule has 1 aliphatic heterocycles. The fourth-order valence-electron chi connectivity index (χ4n) is 6.41. The Hall–Kier alpha value is -4.69. The second kappa shape index (κ2) is 14.9. The van der Waals surface area contributed by atoms with Gasteiger partial charge in [-0.25, -0.2) is 0 Å². The minimum Gasteiger partial charge on any atom is -0.370 e. The highest BCUT2D eigenvalue weighted by molar-refractivity contribution is 5.87. The molecule has 234 valence electrons. The first-order valence-electron chi connectivity index (χ1n) is 15.8. The van der Waals surface area contributed by atoms with E-state index in [1.807, 2.05) is 52.3 Å². The Morgan fingerprint density at radius 1 is 0.822 bits per heavy atom. The zero-order valence-corrected chi connectivity index (χ0v) is 25.9. The highest BCUT2D eigenvalue weighted by Gasteiger charge is 2.39. The van der Waals surface area contributed by atoms with Gasteiger partial charge in [-0.15, -0.1) is 6.58 Å². The minimum absolute atomic E-state index is 0.0423. The van der Waals surface area contributed by atoms with E-state index >= 15 is 0 Å². The molecule has 1 saturated heterocycles. The van der Waals surface area contributed by atoms with Crippen molar-refractivity contribution in [2.75, 3.05) is 19.6 Å². The maximum absolute atomic E-state index is 14.0. The molecule has 0 spiro atoms. The quantitative estimate of drug-likeness (QED) is 0.0947. The van der Waals surface area contributed by atoms with Crippen molar-refractivity contribution < 1.29 is 9.59 Å². The number of hydrogen-bond donors (Lipinski definition) is 3. The zero-order chi connectivity index (χ0) is 31.8. The first kappa shape index (κ1) is 31.7. The normalized spacial score (nSPS) is 17.3. The standard InChI is InChI=1S/C37H44N6O2/c1-2-3-13-32-25-43(36(45)34(38)22-26-15-17-28-9-4-6-11-30(28)20-26)33(14-8-19-41-37(39)40)24-42(32)35(44)23-27-16-18-29-10-5-7-12-31(29)21-27/h2,4-7,9-12,15-18,20-21,32-34H,1,3,8,13-14,19,22-25,38H2,(H4,39,40,41)/t32?,33?,34-/m1/s1. The van der Waals surface area contributed by atoms with Crippen LogP contribution in [0.4, 0.5) is 0 Å². The molecule has 8 nitrogen and oxygen atoms in total. The van der Waals surface area contributed by atoms with Crippen molar-refractivity contribution in [3.63, 3.8) is 0 Å². The van der Waals surface area contributed by atoms with Crippen molar-refractivity contribution in [1.82, 2.24) is 9.80 Å². The Labute approximate surface area is 265 Å². The SMILES string of the molecule is C=CCCC1CN(C(=O)[C@H](N)Cc2ccc3ccccc3c2)C(CCCN=C(N)N)CN1C(=O)Cc1ccc2ccccc2c1. The van der Waals surface area contributed by atoms with Gasteiger partial charge in [0, 0.05) is 31.7 Å². The summed E-state index contributed by atoms with van der Waals surface area (Å²) < 4.78 is 0. The predicted molar refractivity (Wildman–Crippen MR) is 184 cm³/mol. The molecule has 6 N–H and O–H groups in total. The largest absolute Gasteiger partial charge is 0.370 e. The number of carbonyl (C=O) groups is 2. The second-order valence-corrected chi connectivity index (χ2v) is 12.0. The summed E-state index contributed by atoms with van der Waals surface area (Å²) in [5.41, 5.74) is 19.7. The fourth-order valence-corrected chi connectivity index (χ4v) is 6.41. The van der Waals surface area contributed by atoms with Crippen molar-refractivity contribution in [2.24, 2.45) is 22.2 Å². The Balaban J connectivity index is 1.35. The van der Waals surface area contributed by atoms with Gasteiger partial charge >= 0.3 is 0 Å². The summed E-state index contributed by atoms with van der Waals surface area (Å²) in [7, 11) is 0. The Morgan fingerprint density at radius 2 is 1.40 bits per heavy atom. The number of piperazine rings is 1. The van der Waals surface area contributed by atoms with Gasteiger partial charge in [0.05, 0.1) is 12.5 Å². The van der Waals surface area contributed by atoms with Crippen LogP contribution in [0.2, 0.25) is 0 Å². The number of carbonyl (C=O) groups excluding carboxylic acids is 2. The third-order valence-electron chi connectivity index (χ3n) is 8.75. The Morgan fingerprint density at radius 3 is 2.04 bits per heavy atom. The molecule has 0 bridgehead atoms. The molecule has 2 unspecified atom stereocenters. The number of fused-ring (bicyclic) bond motifs is 2. The van der Waals surface area contributed by atoms with Gasteiger partial charge in [-0.05, 0) is 64.8 Å². The topological polar surface area (TPSA) is 131 Å². The van der Waals surface area contributed by atoms with Crippen LogP contribution in [-0.4, -0.2) is 65.3 Å². The fraction of sp³-hybridized carbons (Fsp3) is 0.324. The highest BCUT2D eigenvalue weighted by atomic mass is 16.2. The first-order chi connectivity index (χ1) is 21.8. The molecule has 1 heterocycles. The molecular weight excluding hydrogens is 560 g/mol. The van der Waals surface area contributed by atoms with Crippen molar-refractivity contribution >= 4 is 39.3 Å². The van der Waals surface area contributed by atoms with Crippen molar-refractivity contribution in [3.05, 3.63) is 109 Å². The molecule has 1 aliphatic rings. The Bertz CT molecular complexity index is 1680. The van der Waals surface area contributed by atoms with Crippen LogP contribution in [0, 0.1) is 0 Å². The zero-order valence-electron chi connectivity index (χ0n) is 25.9. The lowest BCUT2D eigenvalue weighted by atomic mass is 9.95. The van der Waals surface area contributed by atoms with Gasteiger partial charge in [0.25, 0.3) is 0 Å². The van der Waals surface area contributed by atoms with E-state index in [9.17, 15) is 9.59 Å². The van der Waals surface area contributed by atoms with Gasteiger partial charge in [0.1, 0.15) is 0 Å². The maximum atomic E-state index is 14.0. The third-order valence-corrected chi connectivity index (χ3v) is 8.75. The number of aliphatic imine (C=N–C) groups is 1. The van der Waals surface area contributed by atoms with E-state index in [2.05, 4.69) is 60.1 Å². The summed E-state index contributed by atoms with van der Waals surface area (Å²) in [6, 6.07) is 27.7. The molecule has 5 rings (SSSR count). The van der Waals surface area contributed by atoms with Gasteiger partial charge in [0.2, 0.25) is 11.8 Å². The molecule has 4 aromatic rings. The number of nitrogens with zero attached hydrogens (tertiary/aromatic N) is 3. The number of nitrogens with two attached hydrogens (primary N) is 3. The molecule has 1 fully saturated rings. The van der Waals surface area contributed by atoms with E-state index in [0.29, 0.717) is 45.3 Å². The summed E-state index contributed by atoms with van der Waals surface area (Å²) in [6.07, 6.45) is 5.39. The van der Waals surface area contributed by atoms with Crippen LogP contribution < -0.4 is 17.2 Å². The van der Waals surface area contributed by atoms with Gasteiger partial charge < -0.3 is 27.0 Å². The molecule has 4 aromatic carbocycles. The van der Waals surface area contributed by atoms with E-state index in [4.69, 9.17) is 17.2 Å². The lowest BCUT2D eigenvalue weighted by Crippen LogP contribution is -2.63. The average Bonchev–Trinajstić information content (AvgIpc) is 3.05. The number of allylic oxidation sites excluding steroid dienone is 1. The molecule has 8 heteroatoms. The Kier molecular flexibility index (Phi) is 10.5. The van der Waals surface area contributed by atoms with Gasteiger partial charge in [-0.3, -0.25) is 14.6 Å². The number of rotatable bonds is 12. The lowest BCUT2D eigenvalue weighted by Gasteiger charge is -2.47. The van der Waals surface area contributed by atoms with Crippen molar-refractivity contribution in [1.29, 1.82) is 0 Å². The van der Waals surface area contributed by atoms with Crippen LogP contribution >= 0.6 is 0 Å². The van der Waals surface area contributed by atoms with Crippen molar-refractivity contribution in [3.8, 4) is 0 Å². The van der Waals surface area contributed by atoms with Crippen LogP contribution in [0.5, 0.6) is 0 Å². The molecule has 3 atom stereocenters. The monoisotopic (exact) mass is 604 g/mol. The van der Waals surface area contributed by atoms with Gasteiger partial charge in [-0.1, -0.05) is 91.0 Å². The number of hydrogen-bond acceptors (Lipinski definition) is 4. The minimum atomic E-state index is -0.703. The molecule has 0 radical (unpaired) electrons. The van der Waals surface area contributed by atoms with E-state index in [0.717, 1.165) is 45.5 Å². The van der Waals surface area contributed by atoms with E-state index in [1.54, 1.807) is 0 Å². The van der Waals surface area contributed by atoms with Gasteiger partial charge in [-0.2, -0.15) is 0 Å². The van der Waals surface area contributed by atoms with Crippen LogP contribution in [0.15, 0.2) is 103 Å². The van der Waals surface area contributed by atoms with E-state index in [-0.39, 0.29) is 29.9 Å². The number of benzene rings is 4. The average molecular weight is 605 g/mol. The molecular formula is C37H44N6O2. The predicted octanol–water partition coefficient (Wildman–Crippen LogP) is 4.53. The molecule has 2 amide bonds. The highest BCUT2D eigenvalue weighted by Crippen LogP contribution is 2.26. The summed E-state index contributed by atoms with van der Waals surface area (Å²) in [5, 5.41) is 4.52. The number of guanidine groups is 1. The smallest absolute Gasteiger partial charge is 0.240 e. The number of amides is 2. The van der Waals surface area contributed by atoms with Crippen LogP contribution in [0.3, 0.4) is 0 Å². The van der Waals surface area contributed by atoms with E-state index in [1.165, 1.54) is 0 Å². The van der Waals surface area contributed by atoms with Crippen LogP contribution in [0.1, 0.15) is 36.8 Å². The lowest BCUT2D eigenvalue weighted by molar-refractivity contribution is -0.147. The summed E-state index contributed by atoms with van der Waals surface area (Å²) >= 11 is 0. The summed E-state index contributed by atoms with van der Waals surface area (Å²) in [6.45, 7) is 5.22. The summed E-state index contributed by atoms with van der Waals surface area (Å²) in [5.74, 6) is 0.00187.